The third kappa shape index (κ3) is 3.20. The molecule has 0 N–H and O–H groups in total. The third-order valence-electron chi connectivity index (χ3n) is 3.13. The molecule has 0 spiro atoms. The van der Waals surface area contributed by atoms with Crippen molar-refractivity contribution >= 4 is 27.7 Å². The highest BCUT2D eigenvalue weighted by Crippen LogP contribution is 2.29. The number of carbonyl (C=O) groups is 1. The molecule has 1 fully saturated rings. The van der Waals surface area contributed by atoms with Crippen LogP contribution >= 0.6 is 15.9 Å². The first-order valence-corrected chi connectivity index (χ1v) is 6.93. The second-order valence-corrected chi connectivity index (χ2v) is 5.18. The summed E-state index contributed by atoms with van der Waals surface area (Å²) in [6.07, 6.45) is 3.45. The van der Waals surface area contributed by atoms with Gasteiger partial charge >= 0.3 is 5.97 Å². The van der Waals surface area contributed by atoms with Crippen molar-refractivity contribution in [1.82, 2.24) is 9.97 Å². The van der Waals surface area contributed by atoms with Crippen molar-refractivity contribution in [2.24, 2.45) is 0 Å². The second-order valence-electron chi connectivity index (χ2n) is 4.37. The average Bonchev–Trinajstić information content (AvgIpc) is 2.41. The predicted molar refractivity (Wildman–Crippen MR) is 71.7 cm³/mol. The van der Waals surface area contributed by atoms with Crippen molar-refractivity contribution in [3.63, 3.8) is 0 Å². The molecule has 7 heteroatoms. The lowest BCUT2D eigenvalue weighted by atomic mass is 9.93. The van der Waals surface area contributed by atoms with Gasteiger partial charge in [0, 0.05) is 25.9 Å². The maximum absolute atomic E-state index is 14.4. The Kier molecular flexibility index (Phi) is 4.34. The average molecular weight is 332 g/mol. The first kappa shape index (κ1) is 14.2. The molecule has 0 radical (unpaired) electrons. The first-order valence-electron chi connectivity index (χ1n) is 6.14. The quantitative estimate of drug-likeness (QED) is 0.794. The molecule has 2 rings (SSSR count). The van der Waals surface area contributed by atoms with E-state index in [9.17, 15) is 9.18 Å². The predicted octanol–water partition coefficient (Wildman–Crippen LogP) is 2.11. The molecule has 104 valence electrons. The van der Waals surface area contributed by atoms with Gasteiger partial charge in [-0.2, -0.15) is 0 Å². The van der Waals surface area contributed by atoms with Crippen LogP contribution in [-0.4, -0.2) is 41.3 Å². The third-order valence-corrected chi connectivity index (χ3v) is 3.54. The number of nitrogens with zero attached hydrogens (tertiary/aromatic N) is 3. The molecular weight excluding hydrogens is 317 g/mol. The Hall–Kier alpha value is -1.24. The largest absolute Gasteiger partial charge is 0.464 e. The van der Waals surface area contributed by atoms with Crippen molar-refractivity contribution in [3.8, 4) is 0 Å². The molecule has 1 aromatic rings. The summed E-state index contributed by atoms with van der Waals surface area (Å²) >= 11 is 3.21. The van der Waals surface area contributed by atoms with Crippen molar-refractivity contribution in [1.29, 1.82) is 0 Å². The standard InChI is InChI=1S/C12H15BrFN3O2/c1-2-19-11(18)12(14)3-5-17(6-4-12)10-8-15-9(13)7-16-10/h7-8H,2-6H2,1H3. The van der Waals surface area contributed by atoms with Crippen LogP contribution in [0.2, 0.25) is 0 Å². The van der Waals surface area contributed by atoms with E-state index in [1.165, 1.54) is 0 Å². The molecule has 0 unspecified atom stereocenters. The van der Waals surface area contributed by atoms with Gasteiger partial charge in [-0.15, -0.1) is 0 Å². The number of esters is 1. The first-order chi connectivity index (χ1) is 9.05. The summed E-state index contributed by atoms with van der Waals surface area (Å²) in [6.45, 7) is 2.72. The normalized spacial score (nSPS) is 18.2. The van der Waals surface area contributed by atoms with E-state index >= 15 is 0 Å². The van der Waals surface area contributed by atoms with Gasteiger partial charge in [-0.3, -0.25) is 0 Å². The minimum absolute atomic E-state index is 0.115. The van der Waals surface area contributed by atoms with Crippen LogP contribution < -0.4 is 4.90 Å². The topological polar surface area (TPSA) is 55.3 Å². The van der Waals surface area contributed by atoms with Crippen molar-refractivity contribution < 1.29 is 13.9 Å². The number of alkyl halides is 1. The fourth-order valence-corrected chi connectivity index (χ4v) is 2.23. The summed E-state index contributed by atoms with van der Waals surface area (Å²) in [5, 5.41) is 0. The number of anilines is 1. The molecule has 1 aliphatic rings. The molecule has 2 heterocycles. The Labute approximate surface area is 119 Å². The highest BCUT2D eigenvalue weighted by atomic mass is 79.9. The minimum Gasteiger partial charge on any atom is -0.464 e. The Morgan fingerprint density at radius 1 is 1.47 bits per heavy atom. The number of halogens is 2. The van der Waals surface area contributed by atoms with E-state index in [0.717, 1.165) is 0 Å². The molecule has 5 nitrogen and oxygen atoms in total. The van der Waals surface area contributed by atoms with Crippen LogP contribution in [0.5, 0.6) is 0 Å². The molecule has 0 aromatic carbocycles. The Morgan fingerprint density at radius 2 is 2.16 bits per heavy atom. The van der Waals surface area contributed by atoms with Crippen LogP contribution in [0, 0.1) is 0 Å². The number of rotatable bonds is 3. The highest BCUT2D eigenvalue weighted by molar-refractivity contribution is 9.10. The Morgan fingerprint density at radius 3 is 2.68 bits per heavy atom. The lowest BCUT2D eigenvalue weighted by molar-refractivity contribution is -0.158. The summed E-state index contributed by atoms with van der Waals surface area (Å²) in [5.74, 6) is -0.0642. The summed E-state index contributed by atoms with van der Waals surface area (Å²) in [7, 11) is 0. The van der Waals surface area contributed by atoms with Gasteiger partial charge in [0.1, 0.15) is 10.4 Å². The van der Waals surface area contributed by atoms with Crippen LogP contribution in [0.4, 0.5) is 10.2 Å². The van der Waals surface area contributed by atoms with Crippen LogP contribution in [0.15, 0.2) is 17.0 Å². The van der Waals surface area contributed by atoms with E-state index in [2.05, 4.69) is 25.9 Å². The second kappa shape index (κ2) is 5.81. The van der Waals surface area contributed by atoms with Gasteiger partial charge in [-0.25, -0.2) is 19.2 Å². The van der Waals surface area contributed by atoms with Crippen molar-refractivity contribution in [3.05, 3.63) is 17.0 Å². The molecule has 1 aliphatic heterocycles. The zero-order valence-corrected chi connectivity index (χ0v) is 12.2. The Bertz CT molecular complexity index is 447. The van der Waals surface area contributed by atoms with Gasteiger partial charge in [0.2, 0.25) is 5.67 Å². The molecule has 0 bridgehead atoms. The highest BCUT2D eigenvalue weighted by Gasteiger charge is 2.43. The summed E-state index contributed by atoms with van der Waals surface area (Å²) in [4.78, 5) is 21.8. The summed E-state index contributed by atoms with van der Waals surface area (Å²) in [5.41, 5.74) is -1.87. The van der Waals surface area contributed by atoms with E-state index in [4.69, 9.17) is 4.74 Å². The lowest BCUT2D eigenvalue weighted by Gasteiger charge is -2.35. The fraction of sp³-hybridized carbons (Fsp3) is 0.583. The molecule has 0 amide bonds. The van der Waals surface area contributed by atoms with Crippen molar-refractivity contribution in [2.45, 2.75) is 25.4 Å². The smallest absolute Gasteiger partial charge is 0.344 e. The van der Waals surface area contributed by atoms with Crippen LogP contribution in [-0.2, 0) is 9.53 Å². The lowest BCUT2D eigenvalue weighted by Crippen LogP contribution is -2.47. The molecule has 0 aliphatic carbocycles. The van der Waals surface area contributed by atoms with Gasteiger partial charge in [0.15, 0.2) is 0 Å². The Balaban J connectivity index is 1.99. The number of hydrogen-bond acceptors (Lipinski definition) is 5. The molecular formula is C12H15BrFN3O2. The van der Waals surface area contributed by atoms with E-state index in [-0.39, 0.29) is 19.4 Å². The molecule has 19 heavy (non-hydrogen) atoms. The molecule has 0 atom stereocenters. The molecule has 1 aromatic heterocycles. The van der Waals surface area contributed by atoms with Gasteiger partial charge in [-0.1, -0.05) is 0 Å². The number of carbonyl (C=O) groups excluding carboxylic acids is 1. The number of aromatic nitrogens is 2. The number of hydrogen-bond donors (Lipinski definition) is 0. The van der Waals surface area contributed by atoms with Gasteiger partial charge in [0.05, 0.1) is 19.0 Å². The van der Waals surface area contributed by atoms with E-state index in [1.54, 1.807) is 19.3 Å². The van der Waals surface area contributed by atoms with Gasteiger partial charge in [-0.05, 0) is 22.9 Å². The SMILES string of the molecule is CCOC(=O)C1(F)CCN(c2cnc(Br)cn2)CC1. The summed E-state index contributed by atoms with van der Waals surface area (Å²) < 4.78 is 19.8. The summed E-state index contributed by atoms with van der Waals surface area (Å²) in [6, 6.07) is 0. The van der Waals surface area contributed by atoms with Crippen LogP contribution in [0.3, 0.4) is 0 Å². The van der Waals surface area contributed by atoms with E-state index in [0.29, 0.717) is 23.5 Å². The number of ether oxygens (including phenoxy) is 1. The number of piperidine rings is 1. The molecule has 0 saturated carbocycles. The zero-order valence-electron chi connectivity index (χ0n) is 10.6. The maximum Gasteiger partial charge on any atom is 0.344 e. The van der Waals surface area contributed by atoms with Gasteiger partial charge < -0.3 is 9.64 Å². The zero-order chi connectivity index (χ0) is 13.9. The van der Waals surface area contributed by atoms with Crippen LogP contribution in [0.25, 0.3) is 0 Å². The monoisotopic (exact) mass is 331 g/mol. The maximum atomic E-state index is 14.4. The molecule has 1 saturated heterocycles. The van der Waals surface area contributed by atoms with Gasteiger partial charge in [0.25, 0.3) is 0 Å². The fourth-order valence-electron chi connectivity index (χ4n) is 2.02. The van der Waals surface area contributed by atoms with Crippen LogP contribution in [0.1, 0.15) is 19.8 Å². The minimum atomic E-state index is -1.87. The van der Waals surface area contributed by atoms with E-state index < -0.39 is 11.6 Å². The van der Waals surface area contributed by atoms with E-state index in [1.807, 2.05) is 4.90 Å². The van der Waals surface area contributed by atoms with Crippen molar-refractivity contribution in [2.75, 3.05) is 24.6 Å².